The van der Waals surface area contributed by atoms with Gasteiger partial charge in [-0.15, -0.1) is 0 Å². The number of carbonyl (C=O) groups is 1. The number of rotatable bonds is 4. The zero-order valence-electron chi connectivity index (χ0n) is 9.40. The Bertz CT molecular complexity index is 388. The third kappa shape index (κ3) is 3.17. The molecule has 4 nitrogen and oxygen atoms in total. The van der Waals surface area contributed by atoms with E-state index in [0.717, 1.165) is 18.5 Å². The number of nitrogens with one attached hydrogen (secondary N) is 1. The van der Waals surface area contributed by atoms with Gasteiger partial charge in [-0.1, -0.05) is 12.1 Å². The van der Waals surface area contributed by atoms with Crippen LogP contribution in [0.5, 0.6) is 0 Å². The van der Waals surface area contributed by atoms with E-state index in [-0.39, 0.29) is 11.9 Å². The van der Waals surface area contributed by atoms with Crippen molar-refractivity contribution in [2.75, 3.05) is 19.6 Å². The predicted octanol–water partition coefficient (Wildman–Crippen LogP) is 1.32. The second-order valence-corrected chi connectivity index (χ2v) is 4.22. The minimum atomic E-state index is -0.860. The molecule has 1 heterocycles. The maximum Gasteiger partial charge on any atom is 0.407 e. The Kier molecular flexibility index (Phi) is 3.58. The molecule has 0 saturated carbocycles. The summed E-state index contributed by atoms with van der Waals surface area (Å²) in [6.45, 7) is 1.89. The van der Waals surface area contributed by atoms with Crippen LogP contribution < -0.4 is 5.32 Å². The Balaban J connectivity index is 1.64. The summed E-state index contributed by atoms with van der Waals surface area (Å²) in [5.41, 5.74) is 1.08. The van der Waals surface area contributed by atoms with Crippen LogP contribution >= 0.6 is 0 Å². The first-order chi connectivity index (χ1) is 8.15. The Hall–Kier alpha value is -1.62. The van der Waals surface area contributed by atoms with E-state index in [1.165, 1.54) is 17.0 Å². The van der Waals surface area contributed by atoms with Crippen LogP contribution in [0.2, 0.25) is 0 Å². The van der Waals surface area contributed by atoms with Crippen molar-refractivity contribution in [2.24, 2.45) is 0 Å². The molecule has 2 N–H and O–H groups in total. The quantitative estimate of drug-likeness (QED) is 0.831. The molecule has 1 aliphatic heterocycles. The van der Waals surface area contributed by atoms with Crippen molar-refractivity contribution in [1.29, 1.82) is 0 Å². The average molecular weight is 238 g/mol. The first kappa shape index (κ1) is 11.9. The number of nitrogens with zero attached hydrogens (tertiary/aromatic N) is 1. The molecule has 0 spiro atoms. The summed E-state index contributed by atoms with van der Waals surface area (Å²) in [4.78, 5) is 11.9. The largest absolute Gasteiger partial charge is 0.465 e. The lowest BCUT2D eigenvalue weighted by Crippen LogP contribution is -2.59. The molecule has 5 heteroatoms. The van der Waals surface area contributed by atoms with Crippen molar-refractivity contribution in [2.45, 2.75) is 12.5 Å². The summed E-state index contributed by atoms with van der Waals surface area (Å²) >= 11 is 0. The summed E-state index contributed by atoms with van der Waals surface area (Å²) < 4.78 is 12.6. The van der Waals surface area contributed by atoms with E-state index in [9.17, 15) is 9.18 Å². The second kappa shape index (κ2) is 5.14. The summed E-state index contributed by atoms with van der Waals surface area (Å²) in [5, 5.41) is 11.9. The second-order valence-electron chi connectivity index (χ2n) is 4.22. The van der Waals surface area contributed by atoms with Gasteiger partial charge in [0.05, 0.1) is 0 Å². The molecule has 92 valence electrons. The van der Waals surface area contributed by atoms with E-state index in [4.69, 9.17) is 5.11 Å². The molecule has 1 amide bonds. The zero-order chi connectivity index (χ0) is 12.3. The number of amides is 1. The van der Waals surface area contributed by atoms with E-state index < -0.39 is 6.09 Å². The minimum Gasteiger partial charge on any atom is -0.465 e. The van der Waals surface area contributed by atoms with Gasteiger partial charge in [-0.05, 0) is 30.7 Å². The first-order valence-corrected chi connectivity index (χ1v) is 5.61. The number of likely N-dealkylation sites (tertiary alicyclic amines) is 1. The van der Waals surface area contributed by atoms with Gasteiger partial charge in [0, 0.05) is 19.1 Å². The lowest BCUT2D eigenvalue weighted by atomic mass is 10.1. The molecule has 0 atom stereocenters. The number of hydrogen-bond donors (Lipinski definition) is 2. The molecule has 0 aliphatic carbocycles. The van der Waals surface area contributed by atoms with Gasteiger partial charge < -0.3 is 15.3 Å². The topological polar surface area (TPSA) is 52.6 Å². The highest BCUT2D eigenvalue weighted by Gasteiger charge is 2.29. The van der Waals surface area contributed by atoms with Crippen molar-refractivity contribution >= 4 is 6.09 Å². The summed E-state index contributed by atoms with van der Waals surface area (Å²) in [5.74, 6) is -0.224. The predicted molar refractivity (Wildman–Crippen MR) is 61.5 cm³/mol. The lowest BCUT2D eigenvalue weighted by molar-refractivity contribution is 0.0962. The van der Waals surface area contributed by atoms with Gasteiger partial charge in [-0.3, -0.25) is 0 Å². The fourth-order valence-electron chi connectivity index (χ4n) is 1.84. The monoisotopic (exact) mass is 238 g/mol. The van der Waals surface area contributed by atoms with Crippen molar-refractivity contribution in [3.05, 3.63) is 35.6 Å². The molecule has 1 fully saturated rings. The number of hydrogen-bond acceptors (Lipinski definition) is 2. The van der Waals surface area contributed by atoms with Crippen molar-refractivity contribution in [1.82, 2.24) is 10.2 Å². The summed E-state index contributed by atoms with van der Waals surface area (Å²) in [7, 11) is 0. The third-order valence-corrected chi connectivity index (χ3v) is 2.91. The highest BCUT2D eigenvalue weighted by atomic mass is 19.1. The van der Waals surface area contributed by atoms with Gasteiger partial charge in [0.15, 0.2) is 0 Å². The minimum absolute atomic E-state index is 0.224. The Morgan fingerprint density at radius 1 is 1.41 bits per heavy atom. The molecular weight excluding hydrogens is 223 g/mol. The van der Waals surface area contributed by atoms with Crippen LogP contribution in [0.1, 0.15) is 5.56 Å². The highest BCUT2D eigenvalue weighted by Crippen LogP contribution is 2.08. The van der Waals surface area contributed by atoms with Crippen LogP contribution in [0.25, 0.3) is 0 Å². The Labute approximate surface area is 99.0 Å². The molecule has 1 saturated heterocycles. The molecule has 0 unspecified atom stereocenters. The molecular formula is C12H15FN2O2. The van der Waals surface area contributed by atoms with Gasteiger partial charge in [0.2, 0.25) is 0 Å². The van der Waals surface area contributed by atoms with Crippen LogP contribution in [-0.4, -0.2) is 41.8 Å². The fourth-order valence-corrected chi connectivity index (χ4v) is 1.84. The molecule has 1 aromatic rings. The average Bonchev–Trinajstić information content (AvgIpc) is 2.23. The fraction of sp³-hybridized carbons (Fsp3) is 0.417. The van der Waals surface area contributed by atoms with E-state index in [0.29, 0.717) is 13.1 Å². The molecule has 0 aromatic heterocycles. The molecule has 2 rings (SSSR count). The molecule has 1 aromatic carbocycles. The van der Waals surface area contributed by atoms with Gasteiger partial charge in [-0.25, -0.2) is 9.18 Å². The maximum atomic E-state index is 12.6. The van der Waals surface area contributed by atoms with Crippen LogP contribution in [-0.2, 0) is 6.42 Å². The van der Waals surface area contributed by atoms with E-state index in [2.05, 4.69) is 5.32 Å². The van der Waals surface area contributed by atoms with Gasteiger partial charge in [-0.2, -0.15) is 0 Å². The summed E-state index contributed by atoms with van der Waals surface area (Å²) in [6.07, 6.45) is -0.0364. The van der Waals surface area contributed by atoms with E-state index in [1.54, 1.807) is 12.1 Å². The number of carboxylic acid groups (broad SMARTS) is 1. The third-order valence-electron chi connectivity index (χ3n) is 2.91. The van der Waals surface area contributed by atoms with E-state index in [1.807, 2.05) is 0 Å². The first-order valence-electron chi connectivity index (χ1n) is 5.61. The number of benzene rings is 1. The maximum absolute atomic E-state index is 12.6. The normalized spacial score (nSPS) is 15.7. The van der Waals surface area contributed by atoms with Crippen LogP contribution in [0.15, 0.2) is 24.3 Å². The molecule has 1 aliphatic rings. The zero-order valence-corrected chi connectivity index (χ0v) is 9.40. The van der Waals surface area contributed by atoms with Crippen molar-refractivity contribution < 1.29 is 14.3 Å². The Morgan fingerprint density at radius 3 is 2.65 bits per heavy atom. The van der Waals surface area contributed by atoms with Crippen molar-refractivity contribution in [3.8, 4) is 0 Å². The molecule has 17 heavy (non-hydrogen) atoms. The lowest BCUT2D eigenvalue weighted by Gasteiger charge is -2.37. The standard InChI is InChI=1S/C12H15FN2O2/c13-10-3-1-9(2-4-10)5-6-14-11-7-15(8-11)12(16)17/h1-4,11,14H,5-8H2,(H,16,17). The van der Waals surface area contributed by atoms with Gasteiger partial charge in [0.25, 0.3) is 0 Å². The smallest absolute Gasteiger partial charge is 0.407 e. The van der Waals surface area contributed by atoms with Crippen LogP contribution in [0.3, 0.4) is 0 Å². The van der Waals surface area contributed by atoms with Crippen LogP contribution in [0.4, 0.5) is 9.18 Å². The molecule has 0 bridgehead atoms. The molecule has 0 radical (unpaired) electrons. The van der Waals surface area contributed by atoms with Crippen LogP contribution in [0, 0.1) is 5.82 Å². The van der Waals surface area contributed by atoms with Crippen molar-refractivity contribution in [3.63, 3.8) is 0 Å². The van der Waals surface area contributed by atoms with Gasteiger partial charge >= 0.3 is 6.09 Å². The summed E-state index contributed by atoms with van der Waals surface area (Å²) in [6, 6.07) is 6.68. The highest BCUT2D eigenvalue weighted by molar-refractivity contribution is 5.66. The van der Waals surface area contributed by atoms with Gasteiger partial charge in [0.1, 0.15) is 5.82 Å². The SMILES string of the molecule is O=C(O)N1CC(NCCc2ccc(F)cc2)C1. The number of halogens is 1. The van der Waals surface area contributed by atoms with E-state index >= 15 is 0 Å². The Morgan fingerprint density at radius 2 is 2.06 bits per heavy atom.